The molecule has 1 aliphatic rings. The Morgan fingerprint density at radius 3 is 2.73 bits per heavy atom. The van der Waals surface area contributed by atoms with E-state index < -0.39 is 0 Å². The van der Waals surface area contributed by atoms with Crippen molar-refractivity contribution in [2.45, 2.75) is 0 Å². The quantitative estimate of drug-likeness (QED) is 0.290. The first kappa shape index (κ1) is 10.4. The van der Waals surface area contributed by atoms with Crippen LogP contribution >= 0.6 is 0 Å². The van der Waals surface area contributed by atoms with Gasteiger partial charge in [0.1, 0.15) is 0 Å². The van der Waals surface area contributed by atoms with Crippen molar-refractivity contribution in [3.8, 4) is 0 Å². The molecule has 4 heteroatoms. The van der Waals surface area contributed by atoms with Crippen LogP contribution in [-0.4, -0.2) is 16.6 Å². The van der Waals surface area contributed by atoms with Crippen molar-refractivity contribution in [2.24, 2.45) is 5.16 Å². The molecule has 0 radical (unpaired) electrons. The molecule has 0 amide bonds. The van der Waals surface area contributed by atoms with Gasteiger partial charge in [0.2, 0.25) is 0 Å². The summed E-state index contributed by atoms with van der Waals surface area (Å²) < 4.78 is 1.94. The molecular formula is C11H9INO2-. The predicted molar refractivity (Wildman–Crippen MR) is 53.1 cm³/mol. The number of carbonyl (C=O) groups excluding carboxylic acids is 1. The number of benzene rings is 1. The van der Waals surface area contributed by atoms with Crippen LogP contribution in [0.2, 0.25) is 0 Å². The van der Waals surface area contributed by atoms with E-state index in [1.54, 1.807) is 0 Å². The second kappa shape index (κ2) is 4.57. The summed E-state index contributed by atoms with van der Waals surface area (Å²) in [5.74, 6) is -0.338. The number of hydrogen-bond donors (Lipinski definition) is 0. The summed E-state index contributed by atoms with van der Waals surface area (Å²) in [6.45, 7) is 0. The minimum absolute atomic E-state index is 0.0956. The van der Waals surface area contributed by atoms with Gasteiger partial charge < -0.3 is 0 Å². The molecule has 1 aliphatic heterocycles. The van der Waals surface area contributed by atoms with Crippen LogP contribution in [0.4, 0.5) is 0 Å². The van der Waals surface area contributed by atoms with Crippen molar-refractivity contribution in [3.05, 3.63) is 45.6 Å². The van der Waals surface area contributed by atoms with E-state index in [9.17, 15) is 4.79 Å². The Bertz CT molecular complexity index is 437. The molecule has 0 aliphatic carbocycles. The summed E-state index contributed by atoms with van der Waals surface area (Å²) >= 11 is -0.0956. The van der Waals surface area contributed by atoms with Crippen LogP contribution in [0.25, 0.3) is 0 Å². The molecule has 0 unspecified atom stereocenters. The van der Waals surface area contributed by atoms with Gasteiger partial charge in [-0.25, -0.2) is 0 Å². The first-order valence-corrected chi connectivity index (χ1v) is 7.76. The molecule has 15 heavy (non-hydrogen) atoms. The molecule has 0 fully saturated rings. The van der Waals surface area contributed by atoms with Gasteiger partial charge in [0, 0.05) is 0 Å². The van der Waals surface area contributed by atoms with E-state index in [0.717, 1.165) is 5.56 Å². The van der Waals surface area contributed by atoms with E-state index in [1.807, 2.05) is 34.4 Å². The van der Waals surface area contributed by atoms with Crippen LogP contribution in [0.5, 0.6) is 0 Å². The molecule has 0 saturated heterocycles. The first-order chi connectivity index (χ1) is 7.33. The van der Waals surface area contributed by atoms with Crippen molar-refractivity contribution in [2.75, 3.05) is 4.93 Å². The zero-order valence-corrected chi connectivity index (χ0v) is 10.3. The van der Waals surface area contributed by atoms with Crippen LogP contribution in [-0.2, 0) is 9.63 Å². The molecule has 78 valence electrons. The Hall–Kier alpha value is -1.17. The summed E-state index contributed by atoms with van der Waals surface area (Å²) in [6.07, 6.45) is 0. The van der Waals surface area contributed by atoms with Gasteiger partial charge >= 0.3 is 98.2 Å². The van der Waals surface area contributed by atoms with Gasteiger partial charge in [-0.2, -0.15) is 0 Å². The Morgan fingerprint density at radius 2 is 2.07 bits per heavy atom. The van der Waals surface area contributed by atoms with Gasteiger partial charge in [-0.15, -0.1) is 0 Å². The monoisotopic (exact) mass is 314 g/mol. The molecular weight excluding hydrogens is 305 g/mol. The van der Waals surface area contributed by atoms with Crippen molar-refractivity contribution in [3.63, 3.8) is 0 Å². The molecule has 0 aromatic heterocycles. The molecule has 0 bridgehead atoms. The van der Waals surface area contributed by atoms with Gasteiger partial charge in [-0.05, 0) is 0 Å². The molecule has 3 nitrogen and oxygen atoms in total. The van der Waals surface area contributed by atoms with E-state index in [4.69, 9.17) is 0 Å². The fourth-order valence-corrected chi connectivity index (χ4v) is 2.46. The van der Waals surface area contributed by atoms with Gasteiger partial charge in [-0.1, -0.05) is 0 Å². The van der Waals surface area contributed by atoms with Crippen LogP contribution in [0, 0.1) is 0 Å². The number of carbonyl (C=O) groups is 1. The van der Waals surface area contributed by atoms with Crippen LogP contribution < -0.4 is 21.2 Å². The summed E-state index contributed by atoms with van der Waals surface area (Å²) in [5, 5.41) is 3.80. The Kier molecular flexibility index (Phi) is 3.15. The molecule has 2 rings (SSSR count). The number of nitrogens with zero attached hydrogens (tertiary/aromatic N) is 1. The second-order valence-corrected chi connectivity index (χ2v) is 4.79. The average molecular weight is 314 g/mol. The topological polar surface area (TPSA) is 38.7 Å². The third kappa shape index (κ3) is 2.09. The van der Waals surface area contributed by atoms with Gasteiger partial charge in [0.25, 0.3) is 0 Å². The number of rotatable bonds is 2. The Balaban J connectivity index is 2.39. The SMILES string of the molecule is C[I-]/C=C1/C(=O)ON=C1c1ccccc1. The molecule has 0 N–H and O–H groups in total. The molecule has 0 atom stereocenters. The van der Waals surface area contributed by atoms with Crippen molar-refractivity contribution in [1.29, 1.82) is 0 Å². The fraction of sp³-hybridized carbons (Fsp3) is 0.0909. The van der Waals surface area contributed by atoms with Crippen molar-refractivity contribution in [1.82, 2.24) is 0 Å². The van der Waals surface area contributed by atoms with E-state index in [0.29, 0.717) is 11.3 Å². The first-order valence-electron chi connectivity index (χ1n) is 4.36. The summed E-state index contributed by atoms with van der Waals surface area (Å²) in [7, 11) is 0. The van der Waals surface area contributed by atoms with Crippen molar-refractivity contribution >= 4 is 11.7 Å². The van der Waals surface area contributed by atoms with Crippen LogP contribution in [0.3, 0.4) is 0 Å². The zero-order chi connectivity index (χ0) is 10.7. The van der Waals surface area contributed by atoms with Crippen molar-refractivity contribution < 1.29 is 30.8 Å². The second-order valence-electron chi connectivity index (χ2n) is 2.93. The molecule has 0 saturated carbocycles. The van der Waals surface area contributed by atoms with Gasteiger partial charge in [0.15, 0.2) is 0 Å². The molecule has 1 aromatic carbocycles. The van der Waals surface area contributed by atoms with E-state index in [2.05, 4.69) is 14.9 Å². The van der Waals surface area contributed by atoms with Crippen LogP contribution in [0.1, 0.15) is 5.56 Å². The Morgan fingerprint density at radius 1 is 1.33 bits per heavy atom. The molecule has 1 heterocycles. The number of hydrogen-bond acceptors (Lipinski definition) is 3. The standard InChI is InChI=1S/C11H9INO2/c1-12-7-9-10(13-15-11(9)14)8-5-3-2-4-6-8/h2-7H,1H3/q-1/b9-7+. The number of alkyl halides is 1. The normalized spacial score (nSPS) is 18.1. The summed E-state index contributed by atoms with van der Waals surface area (Å²) in [5.41, 5.74) is 2.19. The fourth-order valence-electron chi connectivity index (χ4n) is 1.29. The maximum absolute atomic E-state index is 11.4. The number of halogens is 1. The van der Waals surface area contributed by atoms with E-state index >= 15 is 0 Å². The third-order valence-electron chi connectivity index (χ3n) is 1.96. The zero-order valence-electron chi connectivity index (χ0n) is 8.11. The minimum atomic E-state index is -0.338. The maximum atomic E-state index is 11.4. The summed E-state index contributed by atoms with van der Waals surface area (Å²) in [4.78, 5) is 18.1. The molecule has 1 aromatic rings. The van der Waals surface area contributed by atoms with Gasteiger partial charge in [0.05, 0.1) is 0 Å². The van der Waals surface area contributed by atoms with Crippen LogP contribution in [0.15, 0.2) is 45.1 Å². The van der Waals surface area contributed by atoms with E-state index in [1.165, 1.54) is 0 Å². The third-order valence-corrected chi connectivity index (χ3v) is 3.21. The average Bonchev–Trinajstić information content (AvgIpc) is 2.63. The summed E-state index contributed by atoms with van der Waals surface area (Å²) in [6, 6.07) is 9.60. The number of oxime groups is 1. The molecule has 0 spiro atoms. The van der Waals surface area contributed by atoms with Gasteiger partial charge in [-0.3, -0.25) is 0 Å². The Labute approximate surface area is 98.1 Å². The predicted octanol–water partition coefficient (Wildman–Crippen LogP) is -1.45. The van der Waals surface area contributed by atoms with E-state index in [-0.39, 0.29) is 27.2 Å².